The van der Waals surface area contributed by atoms with Gasteiger partial charge in [0.2, 0.25) is 0 Å². The third-order valence-electron chi connectivity index (χ3n) is 1.90. The number of rotatable bonds is 3. The third kappa shape index (κ3) is 3.07. The summed E-state index contributed by atoms with van der Waals surface area (Å²) in [4.78, 5) is 2.61. The quantitative estimate of drug-likeness (QED) is 0.630. The molecule has 0 amide bonds. The molecule has 0 N–H and O–H groups in total. The van der Waals surface area contributed by atoms with E-state index in [2.05, 4.69) is 11.9 Å². The van der Waals surface area contributed by atoms with Crippen molar-refractivity contribution >= 4 is 32.0 Å². The van der Waals surface area contributed by atoms with Crippen LogP contribution >= 0.6 is 0 Å². The Labute approximate surface area is 91.1 Å². The molecule has 0 aliphatic rings. The molecule has 2 unspecified atom stereocenters. The summed E-state index contributed by atoms with van der Waals surface area (Å²) < 4.78 is 21.7. The molecule has 72 valence electrons. The maximum atomic E-state index is 10.6. The van der Waals surface area contributed by atoms with Crippen molar-refractivity contribution < 1.29 is 8.76 Å². The zero-order chi connectivity index (χ0) is 9.84. The molecule has 13 heavy (non-hydrogen) atoms. The standard InChI is InChI=1S/C9H12O2STe/c1-7(13-2)8-3-5-9(6-4-8)12(10)11/h3-7H,1-2H3,(H,10,11)/p-1. The first-order chi connectivity index (χ1) is 6.15. The van der Waals surface area contributed by atoms with Gasteiger partial charge < -0.3 is 0 Å². The molecule has 0 aliphatic heterocycles. The number of hydrogen-bond donors (Lipinski definition) is 0. The minimum absolute atomic E-state index is 0.0258. The minimum atomic E-state index is -2.09. The number of hydrogen-bond acceptors (Lipinski definition) is 2. The van der Waals surface area contributed by atoms with Crippen molar-refractivity contribution in [2.24, 2.45) is 0 Å². The van der Waals surface area contributed by atoms with Gasteiger partial charge in [0.1, 0.15) is 0 Å². The van der Waals surface area contributed by atoms with Crippen LogP contribution in [-0.4, -0.2) is 29.7 Å². The van der Waals surface area contributed by atoms with E-state index < -0.39 is 11.1 Å². The summed E-state index contributed by atoms with van der Waals surface area (Å²) in [6.07, 6.45) is 0. The molecule has 2 atom stereocenters. The van der Waals surface area contributed by atoms with Gasteiger partial charge in [-0.15, -0.1) is 0 Å². The molecule has 1 aromatic rings. The van der Waals surface area contributed by atoms with Crippen LogP contribution in [0, 0.1) is 0 Å². The summed E-state index contributed by atoms with van der Waals surface area (Å²) >= 11 is -2.07. The molecule has 0 aliphatic carbocycles. The van der Waals surface area contributed by atoms with E-state index in [4.69, 9.17) is 0 Å². The molecule has 0 bridgehead atoms. The van der Waals surface area contributed by atoms with Crippen molar-refractivity contribution in [3.8, 4) is 0 Å². The van der Waals surface area contributed by atoms with Gasteiger partial charge in [0.05, 0.1) is 0 Å². The molecule has 2 nitrogen and oxygen atoms in total. The van der Waals surface area contributed by atoms with Crippen LogP contribution in [0.25, 0.3) is 0 Å². The van der Waals surface area contributed by atoms with Gasteiger partial charge in [-0.3, -0.25) is 0 Å². The predicted octanol–water partition coefficient (Wildman–Crippen LogP) is 1.74. The molecule has 0 aromatic heterocycles. The van der Waals surface area contributed by atoms with Gasteiger partial charge in [0.15, 0.2) is 0 Å². The van der Waals surface area contributed by atoms with Crippen molar-refractivity contribution in [1.82, 2.24) is 0 Å². The molecule has 1 aromatic carbocycles. The molecular weight excluding hydrogens is 300 g/mol. The van der Waals surface area contributed by atoms with Gasteiger partial charge in [0.25, 0.3) is 0 Å². The molecule has 4 heteroatoms. The van der Waals surface area contributed by atoms with Crippen LogP contribution in [0.15, 0.2) is 29.2 Å². The van der Waals surface area contributed by atoms with Crippen LogP contribution in [-0.2, 0) is 11.1 Å². The van der Waals surface area contributed by atoms with Gasteiger partial charge in [0, 0.05) is 0 Å². The van der Waals surface area contributed by atoms with Gasteiger partial charge >= 0.3 is 91.4 Å². The molecule has 0 fully saturated rings. The fraction of sp³-hybridized carbons (Fsp3) is 0.333. The maximum absolute atomic E-state index is 10.6. The second-order valence-electron chi connectivity index (χ2n) is 2.68. The van der Waals surface area contributed by atoms with Crippen LogP contribution in [0.1, 0.15) is 16.5 Å². The van der Waals surface area contributed by atoms with E-state index in [1.165, 1.54) is 5.56 Å². The van der Waals surface area contributed by atoms with E-state index in [9.17, 15) is 8.76 Å². The zero-order valence-electron chi connectivity index (χ0n) is 7.52. The summed E-state index contributed by atoms with van der Waals surface area (Å²) in [7, 11) is 0. The van der Waals surface area contributed by atoms with E-state index in [1.807, 2.05) is 12.1 Å². The van der Waals surface area contributed by atoms with Crippen LogP contribution in [0.4, 0.5) is 0 Å². The summed E-state index contributed by atoms with van der Waals surface area (Å²) in [5, 5.41) is 0. The van der Waals surface area contributed by atoms with Crippen LogP contribution < -0.4 is 0 Å². The van der Waals surface area contributed by atoms with Gasteiger partial charge in [-0.2, -0.15) is 0 Å². The van der Waals surface area contributed by atoms with Gasteiger partial charge in [-0.05, 0) is 0 Å². The Kier molecular flexibility index (Phi) is 4.40. The van der Waals surface area contributed by atoms with E-state index in [0.29, 0.717) is 8.86 Å². The molecule has 0 radical (unpaired) electrons. The molecule has 0 saturated carbocycles. The second-order valence-corrected chi connectivity index (χ2v) is 6.99. The van der Waals surface area contributed by atoms with Crippen LogP contribution in [0.3, 0.4) is 0 Å². The van der Waals surface area contributed by atoms with E-state index in [0.717, 1.165) is 0 Å². The first-order valence-electron chi connectivity index (χ1n) is 3.87. The zero-order valence-corrected chi connectivity index (χ0v) is 10.7. The molecule has 0 spiro atoms. The average Bonchev–Trinajstić information content (AvgIpc) is 2.17. The Bertz CT molecular complexity index is 297. The van der Waals surface area contributed by atoms with Gasteiger partial charge in [-0.1, -0.05) is 0 Å². The van der Waals surface area contributed by atoms with Crippen molar-refractivity contribution in [2.45, 2.75) is 20.8 Å². The Morgan fingerprint density at radius 3 is 2.31 bits per heavy atom. The summed E-state index contributed by atoms with van der Waals surface area (Å²) in [5.74, 6) is 0. The van der Waals surface area contributed by atoms with Crippen LogP contribution in [0.2, 0.25) is 4.97 Å². The third-order valence-corrected chi connectivity index (χ3v) is 5.35. The van der Waals surface area contributed by atoms with E-state index in [1.54, 1.807) is 12.1 Å². The first kappa shape index (κ1) is 11.2. The fourth-order valence-electron chi connectivity index (χ4n) is 0.986. The Morgan fingerprint density at radius 2 is 1.92 bits per heavy atom. The summed E-state index contributed by atoms with van der Waals surface area (Å²) in [6, 6.07) is 7.14. The predicted molar refractivity (Wildman–Crippen MR) is 53.7 cm³/mol. The number of benzene rings is 1. The molecule has 0 heterocycles. The van der Waals surface area contributed by atoms with Crippen LogP contribution in [0.5, 0.6) is 0 Å². The van der Waals surface area contributed by atoms with Gasteiger partial charge in [-0.25, -0.2) is 0 Å². The van der Waals surface area contributed by atoms with Crippen molar-refractivity contribution in [3.05, 3.63) is 29.8 Å². The molecular formula is C9H11O2STe-. The summed E-state index contributed by atoms with van der Waals surface area (Å²) in [6.45, 7) is 2.19. The molecule has 0 saturated heterocycles. The van der Waals surface area contributed by atoms with Crippen molar-refractivity contribution in [1.29, 1.82) is 0 Å². The van der Waals surface area contributed by atoms with E-state index in [-0.39, 0.29) is 20.9 Å². The Morgan fingerprint density at radius 1 is 1.38 bits per heavy atom. The Hall–Kier alpha value is 0.120. The SMILES string of the molecule is C[Te]C(C)c1ccc(S(=O)[O-])cc1. The molecule has 1 rings (SSSR count). The fourth-order valence-corrected chi connectivity index (χ4v) is 2.57. The van der Waals surface area contributed by atoms with Crippen molar-refractivity contribution in [3.63, 3.8) is 0 Å². The average molecular weight is 311 g/mol. The monoisotopic (exact) mass is 313 g/mol. The first-order valence-corrected chi connectivity index (χ1v) is 8.62. The second kappa shape index (κ2) is 5.11. The van der Waals surface area contributed by atoms with E-state index >= 15 is 0 Å². The summed E-state index contributed by atoms with van der Waals surface area (Å²) in [5.41, 5.74) is 1.25. The Balaban J connectivity index is 2.87. The normalized spacial score (nSPS) is 15.3. The topological polar surface area (TPSA) is 40.1 Å². The van der Waals surface area contributed by atoms with Crippen molar-refractivity contribution in [2.75, 3.05) is 0 Å².